The van der Waals surface area contributed by atoms with E-state index in [0.717, 1.165) is 30.4 Å². The molecule has 4 heterocycles. The number of nitrogens with zero attached hydrogens (tertiary/aromatic N) is 5. The summed E-state index contributed by atoms with van der Waals surface area (Å²) in [5.41, 5.74) is -1.08. The molecule has 8 nitrogen and oxygen atoms in total. The molecule has 1 N–H and O–H groups in total. The van der Waals surface area contributed by atoms with Gasteiger partial charge in [-0.05, 0) is 24.8 Å². The van der Waals surface area contributed by atoms with Crippen molar-refractivity contribution in [3.8, 4) is 5.13 Å². The summed E-state index contributed by atoms with van der Waals surface area (Å²) >= 11 is 1.02. The Balaban J connectivity index is 1.85. The summed E-state index contributed by atoms with van der Waals surface area (Å²) in [4.78, 5) is 34.3. The highest BCUT2D eigenvalue weighted by Gasteiger charge is 2.37. The van der Waals surface area contributed by atoms with E-state index < -0.39 is 22.8 Å². The summed E-state index contributed by atoms with van der Waals surface area (Å²) in [6.07, 6.45) is 4.47. The molecule has 0 radical (unpaired) electrons. The molecular formula is C18H18FN5O3S. The predicted molar refractivity (Wildman–Crippen MR) is 103 cm³/mol. The van der Waals surface area contributed by atoms with Crippen LogP contribution in [0.1, 0.15) is 37.0 Å². The third kappa shape index (κ3) is 3.24. The highest BCUT2D eigenvalue weighted by atomic mass is 32.1. The molecule has 0 aliphatic carbocycles. The number of hydrogen-bond donors (Lipinski definition) is 1. The first kappa shape index (κ1) is 18.5. The molecule has 1 fully saturated rings. The molecule has 0 saturated carbocycles. The van der Waals surface area contributed by atoms with Crippen molar-refractivity contribution in [1.82, 2.24) is 18.9 Å². The van der Waals surface area contributed by atoms with Crippen LogP contribution in [-0.4, -0.2) is 42.6 Å². The summed E-state index contributed by atoms with van der Waals surface area (Å²) in [6, 6.07) is 1.30. The number of anilines is 1. The number of aromatic nitrogens is 4. The van der Waals surface area contributed by atoms with Crippen molar-refractivity contribution >= 4 is 34.4 Å². The van der Waals surface area contributed by atoms with Gasteiger partial charge in [0.25, 0.3) is 0 Å². The van der Waals surface area contributed by atoms with E-state index in [-0.39, 0.29) is 22.9 Å². The maximum Gasteiger partial charge on any atom is 0.341 e. The third-order valence-electron chi connectivity index (χ3n) is 4.76. The maximum atomic E-state index is 14.7. The summed E-state index contributed by atoms with van der Waals surface area (Å²) in [5.74, 6) is -1.30. The average Bonchev–Trinajstić information content (AvgIpc) is 3.20. The molecule has 0 amide bonds. The molecule has 28 heavy (non-hydrogen) atoms. The molecule has 1 saturated heterocycles. The number of aromatic carboxylic acids is 1. The Kier molecular flexibility index (Phi) is 4.58. The zero-order chi connectivity index (χ0) is 20.0. The van der Waals surface area contributed by atoms with Crippen molar-refractivity contribution in [3.05, 3.63) is 40.2 Å². The van der Waals surface area contributed by atoms with Gasteiger partial charge in [-0.3, -0.25) is 9.36 Å². The highest BCUT2D eigenvalue weighted by molar-refractivity contribution is 7.08. The second-order valence-corrected chi connectivity index (χ2v) is 7.97. The number of carbonyl (C=O) groups is 1. The van der Waals surface area contributed by atoms with Crippen LogP contribution in [-0.2, 0) is 0 Å². The smallest absolute Gasteiger partial charge is 0.341 e. The Morgan fingerprint density at radius 2 is 2.25 bits per heavy atom. The molecular weight excluding hydrogens is 385 g/mol. The zero-order valence-electron chi connectivity index (χ0n) is 15.3. The van der Waals surface area contributed by atoms with Gasteiger partial charge in [0.05, 0.1) is 5.39 Å². The van der Waals surface area contributed by atoms with Crippen molar-refractivity contribution in [1.29, 1.82) is 0 Å². The van der Waals surface area contributed by atoms with Gasteiger partial charge in [0.15, 0.2) is 17.3 Å². The maximum absolute atomic E-state index is 14.7. The van der Waals surface area contributed by atoms with Crippen LogP contribution in [0.2, 0.25) is 0 Å². The monoisotopic (exact) mass is 403 g/mol. The number of rotatable bonds is 6. The SMILES string of the molecule is CC(C)CCC1CN1c1nc2c(cc1F)c(=O)c(C(=O)O)cn2-c1ncns1. The molecule has 1 atom stereocenters. The van der Waals surface area contributed by atoms with Crippen LogP contribution in [0.4, 0.5) is 10.2 Å². The lowest BCUT2D eigenvalue weighted by atomic mass is 10.1. The Hall–Kier alpha value is -2.88. The lowest BCUT2D eigenvalue weighted by molar-refractivity contribution is 0.0695. The minimum atomic E-state index is -1.39. The zero-order valence-corrected chi connectivity index (χ0v) is 16.1. The number of carboxylic acids is 1. The largest absolute Gasteiger partial charge is 0.477 e. The fraction of sp³-hybridized carbons (Fsp3) is 0.389. The van der Waals surface area contributed by atoms with E-state index in [9.17, 15) is 19.1 Å². The summed E-state index contributed by atoms with van der Waals surface area (Å²) in [5, 5.41) is 9.59. The molecule has 3 aromatic rings. The number of halogens is 1. The first-order valence-corrected chi connectivity index (χ1v) is 9.67. The van der Waals surface area contributed by atoms with E-state index >= 15 is 0 Å². The first-order valence-electron chi connectivity index (χ1n) is 8.89. The third-order valence-corrected chi connectivity index (χ3v) is 5.43. The van der Waals surface area contributed by atoms with Crippen LogP contribution in [0.5, 0.6) is 0 Å². The van der Waals surface area contributed by atoms with Gasteiger partial charge < -0.3 is 10.0 Å². The van der Waals surface area contributed by atoms with Gasteiger partial charge in [0, 0.05) is 30.3 Å². The normalized spacial score (nSPS) is 16.1. The molecule has 1 aliphatic heterocycles. The van der Waals surface area contributed by atoms with E-state index in [2.05, 4.69) is 28.2 Å². The minimum Gasteiger partial charge on any atom is -0.477 e. The van der Waals surface area contributed by atoms with Crippen LogP contribution < -0.4 is 10.3 Å². The van der Waals surface area contributed by atoms with E-state index in [1.165, 1.54) is 17.1 Å². The van der Waals surface area contributed by atoms with Gasteiger partial charge >= 0.3 is 5.97 Å². The number of carboxylic acid groups (broad SMARTS) is 1. The number of hydrogen-bond acceptors (Lipinski definition) is 7. The van der Waals surface area contributed by atoms with Crippen LogP contribution >= 0.6 is 11.5 Å². The first-order chi connectivity index (χ1) is 13.4. The lowest BCUT2D eigenvalue weighted by Crippen LogP contribution is -2.20. The molecule has 0 aromatic carbocycles. The van der Waals surface area contributed by atoms with Crippen molar-refractivity contribution < 1.29 is 14.3 Å². The van der Waals surface area contributed by atoms with Gasteiger partial charge in [-0.1, -0.05) is 13.8 Å². The van der Waals surface area contributed by atoms with Crippen molar-refractivity contribution in [2.45, 2.75) is 32.7 Å². The Morgan fingerprint density at radius 1 is 1.46 bits per heavy atom. The topological polar surface area (TPSA) is 101 Å². The van der Waals surface area contributed by atoms with Gasteiger partial charge in [-0.25, -0.2) is 19.2 Å². The molecule has 10 heteroatoms. The predicted octanol–water partition coefficient (Wildman–Crippen LogP) is 2.70. The van der Waals surface area contributed by atoms with Gasteiger partial charge in [0.1, 0.15) is 11.9 Å². The molecule has 3 aromatic heterocycles. The number of pyridine rings is 2. The summed E-state index contributed by atoms with van der Waals surface area (Å²) in [7, 11) is 0. The highest BCUT2D eigenvalue weighted by Crippen LogP contribution is 2.33. The molecule has 0 spiro atoms. The fourth-order valence-electron chi connectivity index (χ4n) is 3.20. The van der Waals surface area contributed by atoms with E-state index in [1.807, 2.05) is 4.90 Å². The van der Waals surface area contributed by atoms with Crippen LogP contribution in [0, 0.1) is 11.7 Å². The van der Waals surface area contributed by atoms with E-state index in [0.29, 0.717) is 17.6 Å². The second-order valence-electron chi connectivity index (χ2n) is 7.21. The molecule has 0 bridgehead atoms. The Bertz CT molecular complexity index is 1110. The minimum absolute atomic E-state index is 0.100. The van der Waals surface area contributed by atoms with Gasteiger partial charge in [-0.15, -0.1) is 0 Å². The average molecular weight is 403 g/mol. The van der Waals surface area contributed by atoms with Crippen LogP contribution in [0.3, 0.4) is 0 Å². The van der Waals surface area contributed by atoms with E-state index in [4.69, 9.17) is 0 Å². The number of fused-ring (bicyclic) bond motifs is 1. The van der Waals surface area contributed by atoms with Gasteiger partial charge in [0.2, 0.25) is 10.6 Å². The molecule has 1 unspecified atom stereocenters. The second kappa shape index (κ2) is 6.93. The van der Waals surface area contributed by atoms with Gasteiger partial charge in [-0.2, -0.15) is 4.37 Å². The van der Waals surface area contributed by atoms with Crippen LogP contribution in [0.15, 0.2) is 23.4 Å². The Labute approximate surface area is 163 Å². The molecule has 146 valence electrons. The molecule has 1 aliphatic rings. The molecule has 4 rings (SSSR count). The summed E-state index contributed by atoms with van der Waals surface area (Å²) in [6.45, 7) is 4.99. The fourth-order valence-corrected chi connectivity index (χ4v) is 3.71. The van der Waals surface area contributed by atoms with Crippen LogP contribution in [0.25, 0.3) is 16.2 Å². The van der Waals surface area contributed by atoms with Crippen molar-refractivity contribution in [2.75, 3.05) is 11.4 Å². The quantitative estimate of drug-likeness (QED) is 0.632. The summed E-state index contributed by atoms with van der Waals surface area (Å²) < 4.78 is 20.0. The Morgan fingerprint density at radius 3 is 2.89 bits per heavy atom. The van der Waals surface area contributed by atoms with E-state index in [1.54, 1.807) is 0 Å². The standard InChI is InChI=1S/C18H18FN5O3S/c1-9(2)3-4-10-6-23(10)16-13(19)5-11-14(25)12(17(26)27)7-24(15(11)22-16)18-20-8-21-28-18/h5,7-10H,3-4,6H2,1-2H3,(H,26,27). The lowest BCUT2D eigenvalue weighted by Gasteiger charge is -2.12. The van der Waals surface area contributed by atoms with Crippen molar-refractivity contribution in [2.24, 2.45) is 5.92 Å². The van der Waals surface area contributed by atoms with Crippen molar-refractivity contribution in [3.63, 3.8) is 0 Å².